The summed E-state index contributed by atoms with van der Waals surface area (Å²) in [7, 11) is 1.83. The maximum atomic E-state index is 11.1. The molecule has 3 nitrogen and oxygen atoms in total. The van der Waals surface area contributed by atoms with E-state index < -0.39 is 12.0 Å². The molecule has 1 N–H and O–H groups in total. The number of nitrogens with zero attached hydrogens (tertiary/aromatic N) is 1. The van der Waals surface area contributed by atoms with E-state index in [9.17, 15) is 4.79 Å². The number of aliphatic carboxylic acids is 1. The zero-order chi connectivity index (χ0) is 17.8. The first-order valence-corrected chi connectivity index (χ1v) is 8.89. The molecule has 4 heteroatoms. The molecule has 0 saturated carbocycles. The van der Waals surface area contributed by atoms with Crippen LogP contribution in [0.15, 0.2) is 34.9 Å². The molecular formula is C19H33NO2S. The van der Waals surface area contributed by atoms with Crippen LogP contribution in [0, 0.1) is 0 Å². The van der Waals surface area contributed by atoms with E-state index in [2.05, 4.69) is 58.6 Å². The lowest BCUT2D eigenvalue weighted by atomic mass is 10.1. The van der Waals surface area contributed by atoms with Gasteiger partial charge in [-0.3, -0.25) is 9.69 Å². The Morgan fingerprint density at radius 3 is 2.04 bits per heavy atom. The summed E-state index contributed by atoms with van der Waals surface area (Å²) in [4.78, 5) is 12.9. The average molecular weight is 340 g/mol. The molecule has 0 unspecified atom stereocenters. The van der Waals surface area contributed by atoms with Gasteiger partial charge in [0.1, 0.15) is 6.04 Å². The molecule has 132 valence electrons. The summed E-state index contributed by atoms with van der Waals surface area (Å²) in [5, 5.41) is 9.09. The highest BCUT2D eigenvalue weighted by Crippen LogP contribution is 2.11. The summed E-state index contributed by atoms with van der Waals surface area (Å²) >= 11 is 4.10. The quantitative estimate of drug-likeness (QED) is 0.423. The summed E-state index contributed by atoms with van der Waals surface area (Å²) in [5.41, 5.74) is 4.11. The fourth-order valence-corrected chi connectivity index (χ4v) is 2.61. The zero-order valence-corrected chi connectivity index (χ0v) is 16.2. The van der Waals surface area contributed by atoms with E-state index in [1.54, 1.807) is 0 Å². The summed E-state index contributed by atoms with van der Waals surface area (Å²) in [6.45, 7) is 9.21. The lowest BCUT2D eigenvalue weighted by molar-refractivity contribution is -0.141. The summed E-state index contributed by atoms with van der Waals surface area (Å²) in [5.74, 6) is -0.490. The zero-order valence-electron chi connectivity index (χ0n) is 15.3. The summed E-state index contributed by atoms with van der Waals surface area (Å²) in [6.07, 6.45) is 11.0. The van der Waals surface area contributed by atoms with Gasteiger partial charge in [0.25, 0.3) is 0 Å². The van der Waals surface area contributed by atoms with Crippen LogP contribution >= 0.6 is 12.6 Å². The molecule has 0 bridgehead atoms. The van der Waals surface area contributed by atoms with E-state index in [1.165, 1.54) is 16.7 Å². The number of carboxylic acids is 1. The Morgan fingerprint density at radius 2 is 1.57 bits per heavy atom. The number of rotatable bonds is 11. The van der Waals surface area contributed by atoms with Crippen molar-refractivity contribution in [3.05, 3.63) is 34.9 Å². The number of carbonyl (C=O) groups is 1. The van der Waals surface area contributed by atoms with Crippen molar-refractivity contribution < 1.29 is 9.90 Å². The van der Waals surface area contributed by atoms with Crippen molar-refractivity contribution in [2.24, 2.45) is 0 Å². The Balaban J connectivity index is 4.20. The van der Waals surface area contributed by atoms with Gasteiger partial charge in [0.15, 0.2) is 0 Å². The standard InChI is InChI=1S/C19H33NO2S/c1-15(2)8-6-9-16(3)10-7-11-17(4)12-13-20(5)18(14-23)19(21)22/h8,10,12,18,23H,6-7,9,11,13-14H2,1-5H3,(H,21,22)/t18-/m0/s1. The fraction of sp³-hybridized carbons (Fsp3) is 0.632. The van der Waals surface area contributed by atoms with Crippen molar-refractivity contribution in [1.82, 2.24) is 4.90 Å². The van der Waals surface area contributed by atoms with Gasteiger partial charge in [-0.05, 0) is 60.4 Å². The Bertz CT molecular complexity index is 448. The maximum Gasteiger partial charge on any atom is 0.321 e. The van der Waals surface area contributed by atoms with E-state index in [1.807, 2.05) is 11.9 Å². The average Bonchev–Trinajstić information content (AvgIpc) is 2.45. The molecule has 1 atom stereocenters. The summed E-state index contributed by atoms with van der Waals surface area (Å²) in [6, 6.07) is -0.528. The van der Waals surface area contributed by atoms with Crippen LogP contribution < -0.4 is 0 Å². The van der Waals surface area contributed by atoms with Gasteiger partial charge in [0.2, 0.25) is 0 Å². The SMILES string of the molecule is CC(C)=CCCC(C)=CCCC(C)=CCN(C)[C@@H](CS)C(=O)O. The second-order valence-corrected chi connectivity index (χ2v) is 6.80. The molecule has 0 aromatic heterocycles. The van der Waals surface area contributed by atoms with Gasteiger partial charge in [0.05, 0.1) is 0 Å². The number of allylic oxidation sites excluding steroid dienone is 5. The molecule has 23 heavy (non-hydrogen) atoms. The molecule has 0 fully saturated rings. The minimum absolute atomic E-state index is 0.326. The molecule has 0 heterocycles. The third-order valence-electron chi connectivity index (χ3n) is 3.84. The van der Waals surface area contributed by atoms with E-state index in [4.69, 9.17) is 5.11 Å². The van der Waals surface area contributed by atoms with Crippen LogP contribution in [0.1, 0.15) is 53.4 Å². The maximum absolute atomic E-state index is 11.1. The van der Waals surface area contributed by atoms with Crippen LogP contribution in [0.4, 0.5) is 0 Å². The predicted molar refractivity (Wildman–Crippen MR) is 103 cm³/mol. The number of thiol groups is 1. The Morgan fingerprint density at radius 1 is 1.04 bits per heavy atom. The van der Waals surface area contributed by atoms with Gasteiger partial charge >= 0.3 is 5.97 Å². The van der Waals surface area contributed by atoms with Crippen LogP contribution in [0.25, 0.3) is 0 Å². The number of hydrogen-bond acceptors (Lipinski definition) is 3. The second kappa shape index (κ2) is 12.4. The van der Waals surface area contributed by atoms with Crippen LogP contribution in [-0.4, -0.2) is 41.4 Å². The van der Waals surface area contributed by atoms with Gasteiger partial charge in [-0.2, -0.15) is 12.6 Å². The Labute approximate surface area is 147 Å². The van der Waals surface area contributed by atoms with Crippen molar-refractivity contribution in [2.45, 2.75) is 59.4 Å². The highest BCUT2D eigenvalue weighted by atomic mass is 32.1. The normalized spacial score (nSPS) is 14.0. The first-order valence-electron chi connectivity index (χ1n) is 8.26. The van der Waals surface area contributed by atoms with Crippen molar-refractivity contribution in [1.29, 1.82) is 0 Å². The molecule has 0 spiro atoms. The highest BCUT2D eigenvalue weighted by Gasteiger charge is 2.19. The smallest absolute Gasteiger partial charge is 0.321 e. The molecule has 0 aromatic carbocycles. The second-order valence-electron chi connectivity index (χ2n) is 6.44. The molecule has 0 amide bonds. The summed E-state index contributed by atoms with van der Waals surface area (Å²) < 4.78 is 0. The number of likely N-dealkylation sites (N-methyl/N-ethyl adjacent to an activating group) is 1. The van der Waals surface area contributed by atoms with Gasteiger partial charge < -0.3 is 5.11 Å². The molecule has 0 aromatic rings. The topological polar surface area (TPSA) is 40.5 Å². The predicted octanol–water partition coefficient (Wildman–Crippen LogP) is 4.72. The van der Waals surface area contributed by atoms with Crippen LogP contribution in [0.3, 0.4) is 0 Å². The van der Waals surface area contributed by atoms with Gasteiger partial charge in [-0.15, -0.1) is 0 Å². The third kappa shape index (κ3) is 11.2. The van der Waals surface area contributed by atoms with Crippen molar-refractivity contribution in [3.8, 4) is 0 Å². The highest BCUT2D eigenvalue weighted by molar-refractivity contribution is 7.80. The molecule has 0 rings (SSSR count). The molecular weight excluding hydrogens is 306 g/mol. The van der Waals surface area contributed by atoms with Gasteiger partial charge in [0, 0.05) is 12.3 Å². The minimum atomic E-state index is -0.816. The Hall–Kier alpha value is -1.00. The molecule has 0 saturated heterocycles. The van der Waals surface area contributed by atoms with Crippen LogP contribution in [-0.2, 0) is 4.79 Å². The van der Waals surface area contributed by atoms with Gasteiger partial charge in [-0.1, -0.05) is 34.9 Å². The minimum Gasteiger partial charge on any atom is -0.480 e. The van der Waals surface area contributed by atoms with E-state index in [-0.39, 0.29) is 0 Å². The molecule has 0 aliphatic carbocycles. The number of hydrogen-bond donors (Lipinski definition) is 2. The number of carboxylic acid groups (broad SMARTS) is 1. The molecule has 0 radical (unpaired) electrons. The van der Waals surface area contributed by atoms with Crippen molar-refractivity contribution >= 4 is 18.6 Å². The van der Waals surface area contributed by atoms with Crippen molar-refractivity contribution in [3.63, 3.8) is 0 Å². The molecule has 0 aliphatic heterocycles. The van der Waals surface area contributed by atoms with E-state index in [0.717, 1.165) is 25.7 Å². The van der Waals surface area contributed by atoms with Crippen LogP contribution in [0.5, 0.6) is 0 Å². The molecule has 0 aliphatic rings. The van der Waals surface area contributed by atoms with E-state index in [0.29, 0.717) is 12.3 Å². The third-order valence-corrected chi connectivity index (χ3v) is 4.19. The lowest BCUT2D eigenvalue weighted by Crippen LogP contribution is -2.40. The first kappa shape index (κ1) is 22.0. The first-order chi connectivity index (χ1) is 10.8. The van der Waals surface area contributed by atoms with E-state index >= 15 is 0 Å². The Kier molecular flexibility index (Phi) is 11.9. The largest absolute Gasteiger partial charge is 0.480 e. The monoisotopic (exact) mass is 339 g/mol. The van der Waals surface area contributed by atoms with Gasteiger partial charge in [-0.25, -0.2) is 0 Å². The van der Waals surface area contributed by atoms with Crippen molar-refractivity contribution in [2.75, 3.05) is 19.3 Å². The van der Waals surface area contributed by atoms with Crippen LogP contribution in [0.2, 0.25) is 0 Å². The lowest BCUT2D eigenvalue weighted by Gasteiger charge is -2.21. The fourth-order valence-electron chi connectivity index (χ4n) is 2.17.